The zero-order chi connectivity index (χ0) is 11.1. The van der Waals surface area contributed by atoms with Gasteiger partial charge in [-0.15, -0.1) is 18.3 Å². The number of amides is 1. The number of nitrogens with one attached hydrogen (secondary N) is 1. The van der Waals surface area contributed by atoms with E-state index in [-0.39, 0.29) is 5.91 Å². The zero-order valence-electron chi connectivity index (χ0n) is 8.82. The fourth-order valence-electron chi connectivity index (χ4n) is 1.22. The largest absolute Gasteiger partial charge is 0.352 e. The van der Waals surface area contributed by atoms with E-state index in [0.717, 1.165) is 16.9 Å². The first-order valence-electron chi connectivity index (χ1n) is 4.81. The molecule has 1 amide bonds. The molecule has 0 saturated carbocycles. The summed E-state index contributed by atoms with van der Waals surface area (Å²) in [5, 5.41) is 2.85. The molecule has 0 aromatic heterocycles. The van der Waals surface area contributed by atoms with Gasteiger partial charge in [0.25, 0.3) is 5.91 Å². The minimum Gasteiger partial charge on any atom is -0.352 e. The third-order valence-corrected chi connectivity index (χ3v) is 2.78. The molecule has 1 rings (SSSR count). The maximum atomic E-state index is 11.7. The number of hydrogen-bond donors (Lipinski definition) is 1. The van der Waals surface area contributed by atoms with Gasteiger partial charge in [-0.2, -0.15) is 0 Å². The average Bonchev–Trinajstić information content (AvgIpc) is 2.29. The number of carbonyl (C=O) groups is 1. The predicted octanol–water partition coefficient (Wildman–Crippen LogP) is 2.71. The van der Waals surface area contributed by atoms with Gasteiger partial charge in [0.1, 0.15) is 0 Å². The van der Waals surface area contributed by atoms with Crippen LogP contribution in [0.1, 0.15) is 16.8 Å². The highest BCUT2D eigenvalue weighted by molar-refractivity contribution is 7.98. The molecule has 3 heteroatoms. The van der Waals surface area contributed by atoms with Crippen molar-refractivity contribution in [3.63, 3.8) is 0 Å². The van der Waals surface area contributed by atoms with Crippen molar-refractivity contribution in [3.05, 3.63) is 42.5 Å². The zero-order valence-corrected chi connectivity index (χ0v) is 9.64. The third kappa shape index (κ3) is 3.44. The molecule has 0 saturated heterocycles. The number of rotatable bonds is 5. The number of thioether (sulfide) groups is 1. The molecule has 0 atom stereocenters. The standard InChI is InChI=1S/C12H15NOS/c1-3-4-9-13-12(14)10-7-5-6-8-11(10)15-2/h3,5-8H,1,4,9H2,2H3,(H,13,14). The summed E-state index contributed by atoms with van der Waals surface area (Å²) in [6, 6.07) is 7.61. The van der Waals surface area contributed by atoms with E-state index in [1.54, 1.807) is 17.8 Å². The van der Waals surface area contributed by atoms with Gasteiger partial charge in [-0.25, -0.2) is 0 Å². The van der Waals surface area contributed by atoms with Crippen LogP contribution in [0.15, 0.2) is 41.8 Å². The monoisotopic (exact) mass is 221 g/mol. The van der Waals surface area contributed by atoms with E-state index in [0.29, 0.717) is 6.54 Å². The van der Waals surface area contributed by atoms with Crippen molar-refractivity contribution in [2.75, 3.05) is 12.8 Å². The second kappa shape index (κ2) is 6.30. The first-order chi connectivity index (χ1) is 7.29. The van der Waals surface area contributed by atoms with Gasteiger partial charge in [0.05, 0.1) is 5.56 Å². The fraction of sp³-hybridized carbons (Fsp3) is 0.250. The summed E-state index contributed by atoms with van der Waals surface area (Å²) in [4.78, 5) is 12.7. The molecular weight excluding hydrogens is 206 g/mol. The maximum Gasteiger partial charge on any atom is 0.252 e. The first-order valence-corrected chi connectivity index (χ1v) is 6.04. The Morgan fingerprint density at radius 2 is 2.27 bits per heavy atom. The van der Waals surface area contributed by atoms with Gasteiger partial charge in [0, 0.05) is 11.4 Å². The van der Waals surface area contributed by atoms with Crippen molar-refractivity contribution >= 4 is 17.7 Å². The number of hydrogen-bond acceptors (Lipinski definition) is 2. The van der Waals surface area contributed by atoms with Crippen LogP contribution in [0.4, 0.5) is 0 Å². The van der Waals surface area contributed by atoms with Crippen molar-refractivity contribution in [1.82, 2.24) is 5.32 Å². The van der Waals surface area contributed by atoms with Gasteiger partial charge in [-0.05, 0) is 24.8 Å². The normalized spacial score (nSPS) is 9.67. The Morgan fingerprint density at radius 3 is 2.93 bits per heavy atom. The fourth-order valence-corrected chi connectivity index (χ4v) is 1.81. The van der Waals surface area contributed by atoms with Crippen LogP contribution in [-0.4, -0.2) is 18.7 Å². The van der Waals surface area contributed by atoms with E-state index in [4.69, 9.17) is 0 Å². The van der Waals surface area contributed by atoms with Gasteiger partial charge in [0.15, 0.2) is 0 Å². The lowest BCUT2D eigenvalue weighted by atomic mass is 10.2. The van der Waals surface area contributed by atoms with Crippen LogP contribution in [0.25, 0.3) is 0 Å². The SMILES string of the molecule is C=CCCNC(=O)c1ccccc1SC. The molecule has 80 valence electrons. The van der Waals surface area contributed by atoms with E-state index < -0.39 is 0 Å². The van der Waals surface area contributed by atoms with Crippen LogP contribution in [0.5, 0.6) is 0 Å². The third-order valence-electron chi connectivity index (χ3n) is 1.99. The van der Waals surface area contributed by atoms with Gasteiger partial charge in [0.2, 0.25) is 0 Å². The molecule has 0 aliphatic carbocycles. The average molecular weight is 221 g/mol. The smallest absolute Gasteiger partial charge is 0.252 e. The van der Waals surface area contributed by atoms with E-state index in [9.17, 15) is 4.79 Å². The highest BCUT2D eigenvalue weighted by Gasteiger charge is 2.08. The molecule has 1 N–H and O–H groups in total. The van der Waals surface area contributed by atoms with Gasteiger partial charge in [-0.3, -0.25) is 4.79 Å². The summed E-state index contributed by atoms with van der Waals surface area (Å²) in [5.74, 6) is -0.0122. The second-order valence-corrected chi connectivity index (χ2v) is 3.88. The van der Waals surface area contributed by atoms with Gasteiger partial charge in [-0.1, -0.05) is 18.2 Å². The molecule has 0 fully saturated rings. The lowest BCUT2D eigenvalue weighted by molar-refractivity contribution is 0.0951. The Balaban J connectivity index is 2.68. The molecule has 0 bridgehead atoms. The minimum atomic E-state index is -0.0122. The molecular formula is C12H15NOS. The molecule has 0 heterocycles. The Morgan fingerprint density at radius 1 is 1.53 bits per heavy atom. The Kier molecular flexibility index (Phi) is 4.98. The van der Waals surface area contributed by atoms with Crippen LogP contribution in [-0.2, 0) is 0 Å². The van der Waals surface area contributed by atoms with Crippen molar-refractivity contribution in [3.8, 4) is 0 Å². The summed E-state index contributed by atoms with van der Waals surface area (Å²) in [5.41, 5.74) is 0.745. The molecule has 0 radical (unpaired) electrons. The predicted molar refractivity (Wildman–Crippen MR) is 65.4 cm³/mol. The first kappa shape index (κ1) is 11.9. The van der Waals surface area contributed by atoms with Crippen molar-refractivity contribution in [2.24, 2.45) is 0 Å². The summed E-state index contributed by atoms with van der Waals surface area (Å²) < 4.78 is 0. The Bertz CT molecular complexity index is 349. The lowest BCUT2D eigenvalue weighted by Gasteiger charge is -2.07. The highest BCUT2D eigenvalue weighted by Crippen LogP contribution is 2.19. The molecule has 0 unspecified atom stereocenters. The second-order valence-electron chi connectivity index (χ2n) is 3.03. The molecule has 2 nitrogen and oxygen atoms in total. The topological polar surface area (TPSA) is 29.1 Å². The molecule has 1 aromatic rings. The quantitative estimate of drug-likeness (QED) is 0.470. The molecule has 15 heavy (non-hydrogen) atoms. The van der Waals surface area contributed by atoms with Crippen LogP contribution in [0.3, 0.4) is 0 Å². The maximum absolute atomic E-state index is 11.7. The van der Waals surface area contributed by atoms with E-state index in [1.807, 2.05) is 30.5 Å². The van der Waals surface area contributed by atoms with Crippen LogP contribution in [0.2, 0.25) is 0 Å². The molecule has 0 aliphatic heterocycles. The summed E-state index contributed by atoms with van der Waals surface area (Å²) >= 11 is 1.58. The molecule has 0 spiro atoms. The highest BCUT2D eigenvalue weighted by atomic mass is 32.2. The Hall–Kier alpha value is -1.22. The summed E-state index contributed by atoms with van der Waals surface area (Å²) in [6.07, 6.45) is 4.56. The van der Waals surface area contributed by atoms with Crippen LogP contribution < -0.4 is 5.32 Å². The number of carbonyl (C=O) groups excluding carboxylic acids is 1. The van der Waals surface area contributed by atoms with Crippen molar-refractivity contribution in [1.29, 1.82) is 0 Å². The minimum absolute atomic E-state index is 0.0122. The van der Waals surface area contributed by atoms with Gasteiger partial charge >= 0.3 is 0 Å². The van der Waals surface area contributed by atoms with E-state index in [1.165, 1.54) is 0 Å². The Labute approximate surface area is 94.8 Å². The van der Waals surface area contributed by atoms with Crippen molar-refractivity contribution < 1.29 is 4.79 Å². The van der Waals surface area contributed by atoms with E-state index in [2.05, 4.69) is 11.9 Å². The summed E-state index contributed by atoms with van der Waals surface area (Å²) in [6.45, 7) is 4.25. The number of benzene rings is 1. The van der Waals surface area contributed by atoms with E-state index >= 15 is 0 Å². The van der Waals surface area contributed by atoms with Crippen LogP contribution in [0, 0.1) is 0 Å². The van der Waals surface area contributed by atoms with Crippen molar-refractivity contribution in [2.45, 2.75) is 11.3 Å². The molecule has 1 aromatic carbocycles. The van der Waals surface area contributed by atoms with Crippen LogP contribution >= 0.6 is 11.8 Å². The molecule has 0 aliphatic rings. The summed E-state index contributed by atoms with van der Waals surface area (Å²) in [7, 11) is 0. The van der Waals surface area contributed by atoms with Gasteiger partial charge < -0.3 is 5.32 Å². The lowest BCUT2D eigenvalue weighted by Crippen LogP contribution is -2.24.